The Balaban J connectivity index is 1.54. The van der Waals surface area contributed by atoms with Crippen LogP contribution in [0.15, 0.2) is 52.4 Å². The molecule has 1 saturated heterocycles. The molecule has 0 aliphatic carbocycles. The van der Waals surface area contributed by atoms with E-state index in [0.29, 0.717) is 17.9 Å². The normalized spacial score (nSPS) is 19.3. The van der Waals surface area contributed by atoms with Crippen molar-refractivity contribution in [2.24, 2.45) is 5.16 Å². The fourth-order valence-electron chi connectivity index (χ4n) is 3.97. The van der Waals surface area contributed by atoms with Gasteiger partial charge in [-0.3, -0.25) is 14.5 Å². The van der Waals surface area contributed by atoms with Gasteiger partial charge in [0.25, 0.3) is 11.8 Å². The number of nitrogens with one attached hydrogen (secondary N) is 1. The predicted molar refractivity (Wildman–Crippen MR) is 150 cm³/mol. The first kappa shape index (κ1) is 30.0. The summed E-state index contributed by atoms with van der Waals surface area (Å²) in [5, 5.41) is 17.5. The van der Waals surface area contributed by atoms with Gasteiger partial charge in [0, 0.05) is 28.8 Å². The summed E-state index contributed by atoms with van der Waals surface area (Å²) in [5.74, 6) is -2.96. The van der Waals surface area contributed by atoms with Crippen LogP contribution in [-0.4, -0.2) is 72.8 Å². The highest BCUT2D eigenvalue weighted by Gasteiger charge is 2.55. The molecule has 15 heteroatoms. The van der Waals surface area contributed by atoms with E-state index in [1.807, 2.05) is 35.2 Å². The molecular weight excluding hydrogens is 572 g/mol. The molecule has 2 aromatic heterocycles. The van der Waals surface area contributed by atoms with Crippen molar-refractivity contribution in [2.75, 3.05) is 11.5 Å². The first-order valence-electron chi connectivity index (χ1n) is 12.5. The number of oxime groups is 1. The molecule has 0 aromatic carbocycles. The number of thioether (sulfide) groups is 1. The molecule has 41 heavy (non-hydrogen) atoms. The summed E-state index contributed by atoms with van der Waals surface area (Å²) in [4.78, 5) is 62.1. The molecule has 4 N–H and O–H groups in total. The smallest absolute Gasteiger partial charge is 0.353 e. The molecule has 0 spiro atoms. The lowest BCUT2D eigenvalue weighted by Gasteiger charge is -2.49. The van der Waals surface area contributed by atoms with Gasteiger partial charge < -0.3 is 25.7 Å². The second-order valence-corrected chi connectivity index (χ2v) is 12.8. The summed E-state index contributed by atoms with van der Waals surface area (Å²) in [6.07, 6.45) is 3.62. The van der Waals surface area contributed by atoms with E-state index in [0.717, 1.165) is 11.3 Å². The van der Waals surface area contributed by atoms with Gasteiger partial charge in [0.1, 0.15) is 28.4 Å². The molecule has 0 bridgehead atoms. The molecule has 4 heterocycles. The third kappa shape index (κ3) is 6.68. The zero-order valence-corrected chi connectivity index (χ0v) is 24.7. The number of esters is 1. The molecule has 0 radical (unpaired) electrons. The Morgan fingerprint density at radius 2 is 1.90 bits per heavy atom. The third-order valence-corrected chi connectivity index (χ3v) is 7.94. The maximum absolute atomic E-state index is 13.4. The van der Waals surface area contributed by atoms with Crippen molar-refractivity contribution in [1.29, 1.82) is 0 Å². The largest absolute Gasteiger partial charge is 0.477 e. The summed E-state index contributed by atoms with van der Waals surface area (Å²) in [7, 11) is 0. The second-order valence-electron chi connectivity index (χ2n) is 10.8. The minimum absolute atomic E-state index is 0.0817. The van der Waals surface area contributed by atoms with Crippen LogP contribution in [0.2, 0.25) is 0 Å². The number of hydrogen-bond acceptors (Lipinski definition) is 11. The van der Waals surface area contributed by atoms with Crippen molar-refractivity contribution in [3.8, 4) is 0 Å². The van der Waals surface area contributed by atoms with Crippen molar-refractivity contribution in [3.05, 3.63) is 52.9 Å². The summed E-state index contributed by atoms with van der Waals surface area (Å²) in [5.41, 5.74) is 3.68. The Morgan fingerprint density at radius 3 is 2.49 bits per heavy atom. The molecule has 0 saturated carbocycles. The number of pyridine rings is 1. The number of carbonyl (C=O) groups excluding carboxylic acids is 3. The van der Waals surface area contributed by atoms with E-state index in [1.54, 1.807) is 20.8 Å². The van der Waals surface area contributed by atoms with Crippen molar-refractivity contribution >= 4 is 57.7 Å². The summed E-state index contributed by atoms with van der Waals surface area (Å²) < 4.78 is 7.19. The fourth-order valence-corrected chi connectivity index (χ4v) is 5.86. The quantitative estimate of drug-likeness (QED) is 0.124. The van der Waals surface area contributed by atoms with Gasteiger partial charge in [-0.15, -0.1) is 23.1 Å². The molecule has 2 amide bonds. The van der Waals surface area contributed by atoms with Gasteiger partial charge in [-0.05, 0) is 34.6 Å². The van der Waals surface area contributed by atoms with Crippen molar-refractivity contribution < 1.29 is 38.4 Å². The Bertz CT molecular complexity index is 1430. The highest BCUT2D eigenvalue weighted by atomic mass is 32.2. The number of nitrogen functional groups attached to an aromatic ring is 1. The van der Waals surface area contributed by atoms with E-state index < -0.39 is 46.4 Å². The second kappa shape index (κ2) is 11.5. The van der Waals surface area contributed by atoms with Gasteiger partial charge in [0.05, 0.1) is 0 Å². The van der Waals surface area contributed by atoms with Gasteiger partial charge in [-0.2, -0.15) is 0 Å². The monoisotopic (exact) mass is 603 g/mol. The highest BCUT2D eigenvalue weighted by molar-refractivity contribution is 8.00. The lowest BCUT2D eigenvalue weighted by Crippen LogP contribution is -2.71. The number of thiazole rings is 1. The lowest BCUT2D eigenvalue weighted by molar-refractivity contribution is -0.689. The number of carboxylic acids is 1. The first-order chi connectivity index (χ1) is 19.2. The van der Waals surface area contributed by atoms with Crippen LogP contribution >= 0.6 is 23.1 Å². The van der Waals surface area contributed by atoms with E-state index in [-0.39, 0.29) is 22.2 Å². The molecule has 2 atom stereocenters. The number of carboxylic acid groups (broad SMARTS) is 1. The number of nitrogens with two attached hydrogens (primary N) is 1. The zero-order chi connectivity index (χ0) is 30.1. The number of hydrogen-bond donors (Lipinski definition) is 3. The topological polar surface area (TPSA) is 177 Å². The first-order valence-corrected chi connectivity index (χ1v) is 14.5. The van der Waals surface area contributed by atoms with E-state index in [1.165, 1.54) is 35.9 Å². The molecule has 218 valence electrons. The van der Waals surface area contributed by atoms with E-state index in [2.05, 4.69) is 15.5 Å². The SMILES string of the molecule is CC(C)(C)OC(=O)C(C)(C)ON=C(C(=O)NC1C(=O)N2C(C(=O)O)=C(C[n+]3ccccc3)CSC12)c1csc(N)n1. The molecule has 2 aromatic rings. The molecule has 1 fully saturated rings. The summed E-state index contributed by atoms with van der Waals surface area (Å²) >= 11 is 2.41. The average molecular weight is 604 g/mol. The number of amides is 2. The van der Waals surface area contributed by atoms with Gasteiger partial charge in [-0.25, -0.2) is 19.1 Å². The predicted octanol–water partition coefficient (Wildman–Crippen LogP) is 1.29. The molecule has 2 unspecified atom stereocenters. The number of nitrogens with zero attached hydrogens (tertiary/aromatic N) is 4. The minimum Gasteiger partial charge on any atom is -0.477 e. The minimum atomic E-state index is -1.56. The van der Waals surface area contributed by atoms with Gasteiger partial charge in [0.2, 0.25) is 5.60 Å². The Labute approximate surface area is 244 Å². The number of aliphatic carboxylic acids is 1. The Morgan fingerprint density at radius 1 is 1.22 bits per heavy atom. The van der Waals surface area contributed by atoms with Gasteiger partial charge in [-0.1, -0.05) is 11.2 Å². The van der Waals surface area contributed by atoms with Crippen molar-refractivity contribution in [3.63, 3.8) is 0 Å². The average Bonchev–Trinajstić information content (AvgIpc) is 3.32. The third-order valence-electron chi connectivity index (χ3n) is 5.92. The number of β-lactam (4-membered cyclic amide) rings is 1. The number of anilines is 1. The number of aromatic nitrogens is 2. The lowest BCUT2D eigenvalue weighted by atomic mass is 10.0. The van der Waals surface area contributed by atoms with E-state index in [9.17, 15) is 24.3 Å². The van der Waals surface area contributed by atoms with Crippen molar-refractivity contribution in [2.45, 2.75) is 63.8 Å². The number of carbonyl (C=O) groups is 4. The maximum atomic E-state index is 13.4. The molecular formula is C26H31N6O7S2+. The Kier molecular flexibility index (Phi) is 8.40. The molecule has 2 aliphatic rings. The molecule has 2 aliphatic heterocycles. The van der Waals surface area contributed by atoms with Crippen molar-refractivity contribution in [1.82, 2.24) is 15.2 Å². The standard InChI is InChI=1S/C26H30N6O7S2/c1-25(2,3)38-23(37)26(4,5)39-30-16(15-13-41-24(27)28-15)19(33)29-17-20(34)32-18(22(35)36)14(12-40-21(17)32)11-31-9-7-6-8-10-31/h6-10,13,17,21H,11-12H2,1-5H3,(H3-,27,28,29,33,35,36)/p+1. The zero-order valence-electron chi connectivity index (χ0n) is 23.1. The summed E-state index contributed by atoms with van der Waals surface area (Å²) in [6.45, 7) is 8.29. The molecule has 4 rings (SSSR count). The van der Waals surface area contributed by atoms with E-state index in [4.69, 9.17) is 15.3 Å². The van der Waals surface area contributed by atoms with Crippen LogP contribution in [0.3, 0.4) is 0 Å². The van der Waals surface area contributed by atoms with Crippen LogP contribution in [0.5, 0.6) is 0 Å². The van der Waals surface area contributed by atoms with Crippen LogP contribution in [0, 0.1) is 0 Å². The van der Waals surface area contributed by atoms with Crippen LogP contribution in [0.25, 0.3) is 0 Å². The van der Waals surface area contributed by atoms with Gasteiger partial charge in [0.15, 0.2) is 29.8 Å². The summed E-state index contributed by atoms with van der Waals surface area (Å²) in [6, 6.07) is 4.48. The number of fused-ring (bicyclic) bond motifs is 1. The van der Waals surface area contributed by atoms with E-state index >= 15 is 0 Å². The van der Waals surface area contributed by atoms with Crippen LogP contribution in [0.4, 0.5) is 5.13 Å². The molecule has 13 nitrogen and oxygen atoms in total. The van der Waals surface area contributed by atoms with Crippen LogP contribution in [0.1, 0.15) is 40.3 Å². The van der Waals surface area contributed by atoms with Crippen LogP contribution in [-0.2, 0) is 35.3 Å². The maximum Gasteiger partial charge on any atom is 0.353 e. The van der Waals surface area contributed by atoms with Gasteiger partial charge >= 0.3 is 11.9 Å². The number of rotatable bonds is 9. The fraction of sp³-hybridized carbons (Fsp3) is 0.423. The van der Waals surface area contributed by atoms with Crippen LogP contribution < -0.4 is 15.6 Å². The highest BCUT2D eigenvalue weighted by Crippen LogP contribution is 2.40. The number of ether oxygens (including phenoxy) is 1. The Hall–Kier alpha value is -3.98.